The van der Waals surface area contributed by atoms with Gasteiger partial charge in [0.15, 0.2) is 0 Å². The standard InChI is InChI=1S/C21H21FN4O/c22-16-3-1-15(2-4-16)19-20(17-5-8-23-21-18(17)6-9-24-21)26(13-25-19)11-14-7-10-27-12-14/h1,3-4,6,8-9,13-14,24H,2,5,7,10-12H2/t14-/m1/s1. The molecule has 0 spiro atoms. The normalized spacial score (nSPS) is 25.7. The number of aliphatic imine (C=N–C) groups is 1. The van der Waals surface area contributed by atoms with E-state index in [9.17, 15) is 4.39 Å². The Kier molecular flexibility index (Phi) is 4.13. The number of hydrogen-bond acceptors (Lipinski definition) is 3. The third-order valence-electron chi connectivity index (χ3n) is 5.43. The van der Waals surface area contributed by atoms with Gasteiger partial charge < -0.3 is 14.3 Å². The van der Waals surface area contributed by atoms with Crippen molar-refractivity contribution in [2.24, 2.45) is 10.9 Å². The molecular formula is C21H21FN4O. The van der Waals surface area contributed by atoms with Gasteiger partial charge in [0.05, 0.1) is 23.6 Å². The second-order valence-electron chi connectivity index (χ2n) is 7.21. The molecule has 0 saturated carbocycles. The molecule has 1 aliphatic carbocycles. The van der Waals surface area contributed by atoms with Crippen LogP contribution in [0.2, 0.25) is 0 Å². The Morgan fingerprint density at radius 2 is 2.26 bits per heavy atom. The first kappa shape index (κ1) is 16.4. The lowest BCUT2D eigenvalue weighted by molar-refractivity contribution is 0.182. The molecule has 138 valence electrons. The summed E-state index contributed by atoms with van der Waals surface area (Å²) in [5.41, 5.74) is 3.37. The van der Waals surface area contributed by atoms with Crippen LogP contribution in [0.25, 0.3) is 11.1 Å². The molecule has 3 aliphatic rings. The number of fused-ring (bicyclic) bond motifs is 1. The van der Waals surface area contributed by atoms with Gasteiger partial charge in [-0.25, -0.2) is 14.4 Å². The molecule has 1 saturated heterocycles. The van der Waals surface area contributed by atoms with Crippen LogP contribution in [0.15, 0.2) is 47.6 Å². The van der Waals surface area contributed by atoms with Crippen LogP contribution in [0.1, 0.15) is 24.8 Å². The van der Waals surface area contributed by atoms with Crippen molar-refractivity contribution in [1.29, 1.82) is 0 Å². The Labute approximate surface area is 156 Å². The van der Waals surface area contributed by atoms with Crippen molar-refractivity contribution in [1.82, 2.24) is 14.5 Å². The number of nitrogens with one attached hydrogen (secondary N) is 1. The molecule has 0 unspecified atom stereocenters. The lowest BCUT2D eigenvalue weighted by Crippen LogP contribution is -2.36. The molecule has 1 atom stereocenters. The number of H-pyrrole nitrogens is 1. The molecule has 0 aromatic carbocycles. The Balaban J connectivity index is 1.74. The van der Waals surface area contributed by atoms with Crippen LogP contribution in [0.5, 0.6) is 0 Å². The zero-order valence-corrected chi connectivity index (χ0v) is 15.0. The topological polar surface area (TPSA) is 55.2 Å². The van der Waals surface area contributed by atoms with E-state index in [0.29, 0.717) is 12.3 Å². The Morgan fingerprint density at radius 3 is 3.07 bits per heavy atom. The van der Waals surface area contributed by atoms with Crippen molar-refractivity contribution in [2.45, 2.75) is 25.8 Å². The monoisotopic (exact) mass is 364 g/mol. The van der Waals surface area contributed by atoms with Gasteiger partial charge in [-0.05, 0) is 42.2 Å². The smallest absolute Gasteiger partial charge is 0.137 e. The second kappa shape index (κ2) is 6.78. The van der Waals surface area contributed by atoms with Gasteiger partial charge in [0, 0.05) is 43.5 Å². The highest BCUT2D eigenvalue weighted by molar-refractivity contribution is 5.88. The van der Waals surface area contributed by atoms with Gasteiger partial charge in [0.1, 0.15) is 11.6 Å². The molecule has 0 bridgehead atoms. The van der Waals surface area contributed by atoms with E-state index in [1.165, 1.54) is 11.6 Å². The average molecular weight is 364 g/mol. The van der Waals surface area contributed by atoms with Crippen molar-refractivity contribution in [3.05, 3.63) is 58.9 Å². The number of imidazole rings is 1. The maximum atomic E-state index is 13.5. The zero-order chi connectivity index (χ0) is 18.2. The van der Waals surface area contributed by atoms with E-state index in [1.807, 2.05) is 24.8 Å². The molecule has 0 amide bonds. The van der Waals surface area contributed by atoms with Gasteiger partial charge >= 0.3 is 0 Å². The molecule has 2 aromatic heterocycles. The molecule has 0 radical (unpaired) electrons. The number of nitrogens with zero attached hydrogens (tertiary/aromatic N) is 3. The number of allylic oxidation sites excluding steroid dienone is 4. The van der Waals surface area contributed by atoms with E-state index in [4.69, 9.17) is 9.72 Å². The maximum absolute atomic E-state index is 13.5. The molecule has 4 heterocycles. The Hall–Kier alpha value is -2.73. The summed E-state index contributed by atoms with van der Waals surface area (Å²) in [6, 6.07) is 2.07. The van der Waals surface area contributed by atoms with E-state index in [0.717, 1.165) is 60.3 Å². The molecule has 2 aliphatic heterocycles. The number of ether oxygens (including phenoxy) is 1. The highest BCUT2D eigenvalue weighted by Gasteiger charge is 2.20. The minimum absolute atomic E-state index is 0.187. The van der Waals surface area contributed by atoms with Crippen LogP contribution >= 0.6 is 0 Å². The summed E-state index contributed by atoms with van der Waals surface area (Å²) >= 11 is 0. The van der Waals surface area contributed by atoms with Gasteiger partial charge in [-0.15, -0.1) is 0 Å². The van der Waals surface area contributed by atoms with Crippen molar-refractivity contribution >= 4 is 23.2 Å². The summed E-state index contributed by atoms with van der Waals surface area (Å²) in [6.07, 6.45) is 13.1. The van der Waals surface area contributed by atoms with Crippen LogP contribution in [-0.4, -0.2) is 34.0 Å². The number of halogens is 1. The van der Waals surface area contributed by atoms with Crippen LogP contribution in [0.4, 0.5) is 10.2 Å². The summed E-state index contributed by atoms with van der Waals surface area (Å²) in [7, 11) is 0. The molecule has 2 aromatic rings. The minimum atomic E-state index is -0.187. The number of hydrogen-bond donors (Lipinski definition) is 1. The van der Waals surface area contributed by atoms with Crippen LogP contribution in [0, 0.1) is 5.92 Å². The first-order valence-electron chi connectivity index (χ1n) is 9.39. The third-order valence-corrected chi connectivity index (χ3v) is 5.43. The fourth-order valence-electron chi connectivity index (χ4n) is 4.05. The fourth-order valence-corrected chi connectivity index (χ4v) is 4.05. The maximum Gasteiger partial charge on any atom is 0.137 e. The summed E-state index contributed by atoms with van der Waals surface area (Å²) in [6.45, 7) is 2.50. The molecule has 27 heavy (non-hydrogen) atoms. The molecular weight excluding hydrogens is 343 g/mol. The van der Waals surface area contributed by atoms with Crippen LogP contribution in [-0.2, 0) is 11.3 Å². The quantitative estimate of drug-likeness (QED) is 0.890. The summed E-state index contributed by atoms with van der Waals surface area (Å²) in [5.74, 6) is 1.20. The lowest BCUT2D eigenvalue weighted by atomic mass is 10.0. The van der Waals surface area contributed by atoms with Gasteiger partial charge in [0.2, 0.25) is 0 Å². The Bertz CT molecular complexity index is 1080. The average Bonchev–Trinajstić information content (AvgIpc) is 3.43. The van der Waals surface area contributed by atoms with Crippen molar-refractivity contribution in [3.8, 4) is 0 Å². The zero-order valence-electron chi connectivity index (χ0n) is 15.0. The number of aromatic amines is 1. The second-order valence-corrected chi connectivity index (χ2v) is 7.21. The SMILES string of the molecule is FC1=CCC(=c2ncn(C[C@H]3CCOC3)c2=C2CC=Nc3[nH]ccc32)C=C1. The number of rotatable bonds is 2. The van der Waals surface area contributed by atoms with Gasteiger partial charge in [-0.3, -0.25) is 0 Å². The van der Waals surface area contributed by atoms with E-state index in [1.54, 1.807) is 6.08 Å². The first-order chi connectivity index (χ1) is 13.3. The predicted octanol–water partition coefficient (Wildman–Crippen LogP) is 2.52. The van der Waals surface area contributed by atoms with E-state index in [-0.39, 0.29) is 5.83 Å². The highest BCUT2D eigenvalue weighted by atomic mass is 19.1. The molecule has 1 N–H and O–H groups in total. The van der Waals surface area contributed by atoms with Crippen molar-refractivity contribution in [2.75, 3.05) is 13.2 Å². The molecule has 5 nitrogen and oxygen atoms in total. The fraction of sp³-hybridized carbons (Fsp3) is 0.333. The van der Waals surface area contributed by atoms with Crippen LogP contribution in [0.3, 0.4) is 0 Å². The predicted molar refractivity (Wildman–Crippen MR) is 103 cm³/mol. The summed E-state index contributed by atoms with van der Waals surface area (Å²) in [4.78, 5) is 12.4. The first-order valence-corrected chi connectivity index (χ1v) is 9.39. The minimum Gasteiger partial charge on any atom is -0.381 e. The highest BCUT2D eigenvalue weighted by Crippen LogP contribution is 2.28. The van der Waals surface area contributed by atoms with Gasteiger partial charge in [-0.2, -0.15) is 0 Å². The lowest BCUT2D eigenvalue weighted by Gasteiger charge is -2.14. The Morgan fingerprint density at radius 1 is 1.30 bits per heavy atom. The van der Waals surface area contributed by atoms with Crippen molar-refractivity contribution in [3.63, 3.8) is 0 Å². The van der Waals surface area contributed by atoms with E-state index in [2.05, 4.69) is 20.6 Å². The van der Waals surface area contributed by atoms with Gasteiger partial charge in [-0.1, -0.05) is 6.08 Å². The summed E-state index contributed by atoms with van der Waals surface area (Å²) < 4.78 is 21.3. The van der Waals surface area contributed by atoms with Gasteiger partial charge in [0.25, 0.3) is 0 Å². The largest absolute Gasteiger partial charge is 0.381 e. The van der Waals surface area contributed by atoms with E-state index >= 15 is 0 Å². The molecule has 1 fully saturated rings. The number of aromatic nitrogens is 3. The summed E-state index contributed by atoms with van der Waals surface area (Å²) in [5, 5.41) is 2.05. The van der Waals surface area contributed by atoms with Crippen molar-refractivity contribution < 1.29 is 9.13 Å². The molecule has 6 heteroatoms. The van der Waals surface area contributed by atoms with Crippen LogP contribution < -0.4 is 10.7 Å². The third kappa shape index (κ3) is 3.00. The van der Waals surface area contributed by atoms with E-state index < -0.39 is 0 Å². The molecule has 5 rings (SSSR count).